The molecule has 0 aliphatic heterocycles. The van der Waals surface area contributed by atoms with E-state index in [2.05, 4.69) is 0 Å². The summed E-state index contributed by atoms with van der Waals surface area (Å²) in [6.45, 7) is 4.58. The molecule has 0 radical (unpaired) electrons. The highest BCUT2D eigenvalue weighted by Gasteiger charge is 2.27. The van der Waals surface area contributed by atoms with Crippen LogP contribution in [0.1, 0.15) is 20.8 Å². The summed E-state index contributed by atoms with van der Waals surface area (Å²) < 4.78 is 50.1. The maximum absolute atomic E-state index is 13.5. The van der Waals surface area contributed by atoms with Crippen molar-refractivity contribution in [2.24, 2.45) is 0 Å². The first-order valence-electron chi connectivity index (χ1n) is 5.27. The predicted molar refractivity (Wildman–Crippen MR) is 64.2 cm³/mol. The Hall–Kier alpha value is -1.65. The van der Waals surface area contributed by atoms with Gasteiger partial charge in [0.25, 0.3) is 10.0 Å². The molecule has 0 saturated heterocycles. The van der Waals surface area contributed by atoms with Crippen LogP contribution in [-0.2, 0) is 14.9 Å². The molecule has 0 amide bonds. The Bertz CT molecular complexity index is 640. The Morgan fingerprint density at radius 3 is 2.25 bits per heavy atom. The normalized spacial score (nSPS) is 12.4. The van der Waals surface area contributed by atoms with Crippen molar-refractivity contribution in [3.05, 3.63) is 33.9 Å². The molecule has 0 heterocycles. The van der Waals surface area contributed by atoms with Crippen LogP contribution in [0.25, 0.3) is 0 Å². The highest BCUT2D eigenvalue weighted by molar-refractivity contribution is 7.89. The predicted octanol–water partition coefficient (Wildman–Crippen LogP) is 1.88. The van der Waals surface area contributed by atoms with Crippen LogP contribution >= 0.6 is 0 Å². The largest absolute Gasteiger partial charge is 0.306 e. The maximum atomic E-state index is 13.5. The molecule has 0 aromatic heterocycles. The average Bonchev–Trinajstić information content (AvgIpc) is 2.24. The Kier molecular flexibility index (Phi) is 4.42. The van der Waals surface area contributed by atoms with Gasteiger partial charge in [-0.1, -0.05) is 4.89 Å². The van der Waals surface area contributed by atoms with E-state index in [1.54, 1.807) is 4.89 Å². The van der Waals surface area contributed by atoms with E-state index in [0.29, 0.717) is 6.07 Å². The van der Waals surface area contributed by atoms with Crippen molar-refractivity contribution in [2.75, 3.05) is 0 Å². The van der Waals surface area contributed by atoms with Gasteiger partial charge >= 0.3 is 5.69 Å². The Morgan fingerprint density at radius 2 is 1.80 bits per heavy atom. The smallest absolute Gasteiger partial charge is 0.281 e. The second kappa shape index (κ2) is 5.38. The van der Waals surface area contributed by atoms with Gasteiger partial charge in [-0.3, -0.25) is 15.0 Å². The summed E-state index contributed by atoms with van der Waals surface area (Å²) in [4.78, 5) is 14.7. The number of sulfonamides is 1. The van der Waals surface area contributed by atoms with Crippen LogP contribution in [0.2, 0.25) is 0 Å². The molecule has 0 fully saturated rings. The van der Waals surface area contributed by atoms with Crippen molar-refractivity contribution >= 4 is 15.7 Å². The first-order valence-corrected chi connectivity index (χ1v) is 6.75. The van der Waals surface area contributed by atoms with Crippen molar-refractivity contribution in [2.45, 2.75) is 31.3 Å². The van der Waals surface area contributed by atoms with Gasteiger partial charge in [0, 0.05) is 12.1 Å². The second-order valence-electron chi connectivity index (χ2n) is 4.79. The zero-order chi connectivity index (χ0) is 15.7. The summed E-state index contributed by atoms with van der Waals surface area (Å²) in [5.74, 6) is -2.93. The van der Waals surface area contributed by atoms with Crippen LogP contribution in [-0.4, -0.2) is 18.9 Å². The number of nitro groups is 1. The highest BCUT2D eigenvalue weighted by Crippen LogP contribution is 2.25. The molecule has 0 aliphatic carbocycles. The number of hydrogen-bond donors (Lipinski definition) is 1. The SMILES string of the molecule is CC(C)(C)ONS(=O)(=O)c1cc([N+](=O)[O-])c(F)cc1F. The van der Waals surface area contributed by atoms with Crippen LogP contribution in [0.15, 0.2) is 17.0 Å². The number of nitrogens with zero attached hydrogens (tertiary/aromatic N) is 1. The van der Waals surface area contributed by atoms with Gasteiger partial charge in [0.15, 0.2) is 0 Å². The minimum atomic E-state index is -4.52. The lowest BCUT2D eigenvalue weighted by Gasteiger charge is -2.19. The molecular formula is C10H12F2N2O5S. The Labute approximate surface area is 113 Å². The Balaban J connectivity index is 3.25. The number of benzene rings is 1. The van der Waals surface area contributed by atoms with Crippen molar-refractivity contribution in [3.8, 4) is 0 Å². The van der Waals surface area contributed by atoms with Gasteiger partial charge in [-0.15, -0.1) is 0 Å². The van der Waals surface area contributed by atoms with Crippen molar-refractivity contribution in [3.63, 3.8) is 0 Å². The monoisotopic (exact) mass is 310 g/mol. The molecule has 0 aliphatic rings. The van der Waals surface area contributed by atoms with Gasteiger partial charge in [0.05, 0.1) is 10.5 Å². The molecule has 0 spiro atoms. The number of rotatable bonds is 4. The molecule has 112 valence electrons. The highest BCUT2D eigenvalue weighted by atomic mass is 32.2. The molecule has 1 aromatic rings. The lowest BCUT2D eigenvalue weighted by molar-refractivity contribution is -0.387. The number of nitrogens with one attached hydrogen (secondary N) is 1. The summed E-state index contributed by atoms with van der Waals surface area (Å²) in [5.41, 5.74) is -2.06. The fourth-order valence-electron chi connectivity index (χ4n) is 1.09. The van der Waals surface area contributed by atoms with Gasteiger partial charge in [-0.25, -0.2) is 12.8 Å². The summed E-state index contributed by atoms with van der Waals surface area (Å²) >= 11 is 0. The molecule has 0 bridgehead atoms. The van der Waals surface area contributed by atoms with Gasteiger partial charge in [0.1, 0.15) is 10.7 Å². The van der Waals surface area contributed by atoms with Crippen LogP contribution < -0.4 is 4.89 Å². The van der Waals surface area contributed by atoms with E-state index in [4.69, 9.17) is 4.84 Å². The standard InChI is InChI=1S/C10H12F2N2O5S/c1-10(2,3)19-13-20(17,18)9-5-8(14(15)16)6(11)4-7(9)12/h4-5,13H,1-3H3. The third kappa shape index (κ3) is 3.92. The van der Waals surface area contributed by atoms with E-state index in [9.17, 15) is 27.3 Å². The lowest BCUT2D eigenvalue weighted by Crippen LogP contribution is -2.34. The Morgan fingerprint density at radius 1 is 1.25 bits per heavy atom. The van der Waals surface area contributed by atoms with E-state index in [-0.39, 0.29) is 6.07 Å². The molecule has 0 saturated carbocycles. The molecule has 20 heavy (non-hydrogen) atoms. The quantitative estimate of drug-likeness (QED) is 0.676. The summed E-state index contributed by atoms with van der Waals surface area (Å²) in [5, 5.41) is 10.5. The molecular weight excluding hydrogens is 298 g/mol. The molecule has 10 heteroatoms. The van der Waals surface area contributed by atoms with Gasteiger partial charge in [0.2, 0.25) is 5.82 Å². The minimum absolute atomic E-state index is 0.129. The van der Waals surface area contributed by atoms with Gasteiger partial charge < -0.3 is 0 Å². The van der Waals surface area contributed by atoms with E-state index < -0.39 is 42.8 Å². The number of halogens is 2. The van der Waals surface area contributed by atoms with Gasteiger partial charge in [-0.05, 0) is 20.8 Å². The second-order valence-corrected chi connectivity index (χ2v) is 6.41. The molecule has 1 rings (SSSR count). The molecule has 0 atom stereocenters. The molecule has 7 nitrogen and oxygen atoms in total. The third-order valence-electron chi connectivity index (χ3n) is 1.95. The first-order chi connectivity index (χ1) is 8.94. The van der Waals surface area contributed by atoms with Crippen molar-refractivity contribution in [1.82, 2.24) is 4.89 Å². The number of nitro benzene ring substituents is 1. The topological polar surface area (TPSA) is 98.5 Å². The number of hydrogen-bond acceptors (Lipinski definition) is 5. The fourth-order valence-corrected chi connectivity index (χ4v) is 2.12. The molecule has 0 unspecified atom stereocenters. The third-order valence-corrected chi connectivity index (χ3v) is 3.14. The van der Waals surface area contributed by atoms with E-state index in [1.165, 1.54) is 20.8 Å². The van der Waals surface area contributed by atoms with Crippen LogP contribution in [0.5, 0.6) is 0 Å². The minimum Gasteiger partial charge on any atom is -0.281 e. The van der Waals surface area contributed by atoms with Crippen molar-refractivity contribution in [1.29, 1.82) is 0 Å². The van der Waals surface area contributed by atoms with E-state index >= 15 is 0 Å². The summed E-state index contributed by atoms with van der Waals surface area (Å²) in [7, 11) is -4.52. The zero-order valence-corrected chi connectivity index (χ0v) is 11.6. The van der Waals surface area contributed by atoms with Crippen LogP contribution in [0, 0.1) is 21.7 Å². The zero-order valence-electron chi connectivity index (χ0n) is 10.8. The van der Waals surface area contributed by atoms with Crippen LogP contribution in [0.4, 0.5) is 14.5 Å². The molecule has 1 N–H and O–H groups in total. The van der Waals surface area contributed by atoms with Crippen LogP contribution in [0.3, 0.4) is 0 Å². The van der Waals surface area contributed by atoms with Gasteiger partial charge in [-0.2, -0.15) is 4.39 Å². The van der Waals surface area contributed by atoms with Crippen molar-refractivity contribution < 1.29 is 27.0 Å². The van der Waals surface area contributed by atoms with E-state index in [1.807, 2.05) is 0 Å². The maximum Gasteiger partial charge on any atom is 0.306 e. The average molecular weight is 310 g/mol. The van der Waals surface area contributed by atoms with E-state index in [0.717, 1.165) is 0 Å². The summed E-state index contributed by atoms with van der Waals surface area (Å²) in [6, 6.07) is 0.419. The summed E-state index contributed by atoms with van der Waals surface area (Å²) in [6.07, 6.45) is 0. The first kappa shape index (κ1) is 16.4. The molecule has 1 aromatic carbocycles. The fraction of sp³-hybridized carbons (Fsp3) is 0.400. The lowest BCUT2D eigenvalue weighted by atomic mass is 10.2.